The molecule has 1 N–H and O–H groups in total. The normalized spacial score (nSPS) is 13.7. The lowest BCUT2D eigenvalue weighted by atomic mass is 9.77. The zero-order valence-electron chi connectivity index (χ0n) is 17.8. The van der Waals surface area contributed by atoms with Gasteiger partial charge in [0.1, 0.15) is 5.75 Å². The molecule has 0 aromatic heterocycles. The van der Waals surface area contributed by atoms with Gasteiger partial charge in [-0.2, -0.15) is 0 Å². The molecule has 1 heteroatoms. The Morgan fingerprint density at radius 2 is 1.23 bits per heavy atom. The predicted octanol–water partition coefficient (Wildman–Crippen LogP) is 8.61. The molecule has 26 heavy (non-hydrogen) atoms. The van der Waals surface area contributed by atoms with Crippen LogP contribution in [0.5, 0.6) is 5.75 Å². The maximum absolute atomic E-state index is 10.5. The van der Waals surface area contributed by atoms with Gasteiger partial charge in [-0.05, 0) is 36.3 Å². The van der Waals surface area contributed by atoms with E-state index in [9.17, 15) is 5.11 Å². The topological polar surface area (TPSA) is 20.2 Å². The van der Waals surface area contributed by atoms with E-state index >= 15 is 0 Å². The molecule has 2 atom stereocenters. The maximum Gasteiger partial charge on any atom is 0.119 e. The summed E-state index contributed by atoms with van der Waals surface area (Å²) in [7, 11) is 0. The van der Waals surface area contributed by atoms with Crippen molar-refractivity contribution in [3.63, 3.8) is 0 Å². The number of rotatable bonds is 16. The maximum atomic E-state index is 10.5. The molecular weight excluding hydrogens is 316 g/mol. The van der Waals surface area contributed by atoms with Crippen molar-refractivity contribution in [1.29, 1.82) is 0 Å². The quantitative estimate of drug-likeness (QED) is 0.292. The van der Waals surface area contributed by atoms with Crippen LogP contribution < -0.4 is 0 Å². The third-order valence-corrected chi connectivity index (χ3v) is 5.86. The highest BCUT2D eigenvalue weighted by Gasteiger charge is 2.24. The molecule has 0 aliphatic heterocycles. The van der Waals surface area contributed by atoms with Gasteiger partial charge in [-0.15, -0.1) is 0 Å². The fourth-order valence-electron chi connectivity index (χ4n) is 4.34. The zero-order chi connectivity index (χ0) is 19.0. The molecule has 0 saturated carbocycles. The minimum absolute atomic E-state index is 0.511. The van der Waals surface area contributed by atoms with E-state index in [4.69, 9.17) is 0 Å². The van der Waals surface area contributed by atoms with Gasteiger partial charge in [-0.3, -0.25) is 0 Å². The number of phenols is 1. The van der Waals surface area contributed by atoms with Crippen molar-refractivity contribution in [1.82, 2.24) is 0 Å². The van der Waals surface area contributed by atoms with Gasteiger partial charge in [0.15, 0.2) is 0 Å². The zero-order valence-corrected chi connectivity index (χ0v) is 17.8. The number of unbranched alkanes of at least 4 members (excludes halogenated alkanes) is 8. The summed E-state index contributed by atoms with van der Waals surface area (Å²) in [6.07, 6.45) is 18.6. The first-order valence-corrected chi connectivity index (χ1v) is 11.5. The Hall–Kier alpha value is -0.980. The second-order valence-electron chi connectivity index (χ2n) is 8.12. The van der Waals surface area contributed by atoms with Crippen molar-refractivity contribution in [2.75, 3.05) is 0 Å². The summed E-state index contributed by atoms with van der Waals surface area (Å²) in [6, 6.07) is 8.10. The fraction of sp³-hybridized carbons (Fsp3) is 0.760. The van der Waals surface area contributed by atoms with Gasteiger partial charge in [-0.1, -0.05) is 116 Å². The molecule has 0 amide bonds. The molecule has 1 nitrogen and oxygen atoms in total. The van der Waals surface area contributed by atoms with Crippen molar-refractivity contribution in [3.8, 4) is 5.75 Å². The van der Waals surface area contributed by atoms with E-state index in [2.05, 4.69) is 32.9 Å². The number of hydrogen-bond donors (Lipinski definition) is 1. The average molecular weight is 361 g/mol. The van der Waals surface area contributed by atoms with E-state index in [1.54, 1.807) is 0 Å². The lowest BCUT2D eigenvalue weighted by molar-refractivity contribution is 0.323. The van der Waals surface area contributed by atoms with Crippen LogP contribution in [0.1, 0.15) is 122 Å². The Labute approximate surface area is 163 Å². The van der Waals surface area contributed by atoms with Crippen LogP contribution in [0.3, 0.4) is 0 Å². The van der Waals surface area contributed by atoms with Crippen LogP contribution in [0.2, 0.25) is 0 Å². The molecule has 0 aliphatic rings. The van der Waals surface area contributed by atoms with Gasteiger partial charge in [-0.25, -0.2) is 0 Å². The standard InChI is InChI=1S/C25H44O/c1-4-7-9-10-11-12-14-19-23(24-20-15-16-21-25(24)26)22(17-6-3)18-13-8-5-2/h15-16,20-23,26H,4-14,17-19H2,1-3H3. The first-order chi connectivity index (χ1) is 12.7. The molecule has 0 fully saturated rings. The van der Waals surface area contributed by atoms with E-state index in [1.165, 1.54) is 95.5 Å². The van der Waals surface area contributed by atoms with Gasteiger partial charge in [0, 0.05) is 0 Å². The lowest BCUT2D eigenvalue weighted by Crippen LogP contribution is -2.14. The van der Waals surface area contributed by atoms with E-state index < -0.39 is 0 Å². The molecule has 1 rings (SSSR count). The Morgan fingerprint density at radius 1 is 0.654 bits per heavy atom. The summed E-state index contributed by atoms with van der Waals surface area (Å²) in [5, 5.41) is 10.5. The van der Waals surface area contributed by atoms with Gasteiger partial charge in [0.05, 0.1) is 0 Å². The van der Waals surface area contributed by atoms with Crippen LogP contribution in [0.4, 0.5) is 0 Å². The summed E-state index contributed by atoms with van der Waals surface area (Å²) in [5.74, 6) is 1.76. The monoisotopic (exact) mass is 360 g/mol. The minimum Gasteiger partial charge on any atom is -0.508 e. The van der Waals surface area contributed by atoms with Crippen LogP contribution in [-0.4, -0.2) is 5.11 Å². The molecule has 0 bridgehead atoms. The molecule has 150 valence electrons. The summed E-state index contributed by atoms with van der Waals surface area (Å²) < 4.78 is 0. The third kappa shape index (κ3) is 9.10. The van der Waals surface area contributed by atoms with Crippen molar-refractivity contribution in [2.45, 2.75) is 117 Å². The number of aromatic hydroxyl groups is 1. The highest BCUT2D eigenvalue weighted by Crippen LogP contribution is 2.40. The predicted molar refractivity (Wildman–Crippen MR) is 116 cm³/mol. The molecule has 1 aromatic rings. The van der Waals surface area contributed by atoms with Gasteiger partial charge in [0.2, 0.25) is 0 Å². The van der Waals surface area contributed by atoms with E-state index in [1.807, 2.05) is 12.1 Å². The van der Waals surface area contributed by atoms with Crippen molar-refractivity contribution in [2.24, 2.45) is 5.92 Å². The summed E-state index contributed by atoms with van der Waals surface area (Å²) in [6.45, 7) is 6.87. The lowest BCUT2D eigenvalue weighted by Gasteiger charge is -2.28. The van der Waals surface area contributed by atoms with Crippen LogP contribution in [0.15, 0.2) is 24.3 Å². The second kappa shape index (κ2) is 15.1. The molecule has 0 heterocycles. The van der Waals surface area contributed by atoms with Gasteiger partial charge >= 0.3 is 0 Å². The largest absolute Gasteiger partial charge is 0.508 e. The number of para-hydroxylation sites is 1. The Balaban J connectivity index is 2.66. The van der Waals surface area contributed by atoms with Crippen LogP contribution in [0.25, 0.3) is 0 Å². The smallest absolute Gasteiger partial charge is 0.119 e. The molecule has 2 unspecified atom stereocenters. The molecule has 0 aliphatic carbocycles. The van der Waals surface area contributed by atoms with E-state index in [0.717, 1.165) is 5.92 Å². The number of hydrogen-bond acceptors (Lipinski definition) is 1. The average Bonchev–Trinajstić information content (AvgIpc) is 2.65. The summed E-state index contributed by atoms with van der Waals surface area (Å²) in [4.78, 5) is 0. The van der Waals surface area contributed by atoms with Gasteiger partial charge in [0.25, 0.3) is 0 Å². The van der Waals surface area contributed by atoms with Crippen molar-refractivity contribution < 1.29 is 5.11 Å². The number of phenolic OH excluding ortho intramolecular Hbond substituents is 1. The van der Waals surface area contributed by atoms with Crippen molar-refractivity contribution in [3.05, 3.63) is 29.8 Å². The van der Waals surface area contributed by atoms with Crippen LogP contribution in [-0.2, 0) is 0 Å². The minimum atomic E-state index is 0.511. The SMILES string of the molecule is CCCCCCCCCC(c1ccccc1O)C(CCC)CCCCC. The molecule has 1 aromatic carbocycles. The Bertz CT molecular complexity index is 440. The highest BCUT2D eigenvalue weighted by atomic mass is 16.3. The molecular formula is C25H44O. The molecule has 0 saturated heterocycles. The van der Waals surface area contributed by atoms with E-state index in [0.29, 0.717) is 11.7 Å². The van der Waals surface area contributed by atoms with Gasteiger partial charge < -0.3 is 5.11 Å². The number of benzene rings is 1. The molecule has 0 spiro atoms. The molecule has 0 radical (unpaired) electrons. The summed E-state index contributed by atoms with van der Waals surface area (Å²) >= 11 is 0. The fourth-order valence-corrected chi connectivity index (χ4v) is 4.34. The Kier molecular flexibility index (Phi) is 13.4. The second-order valence-corrected chi connectivity index (χ2v) is 8.12. The van der Waals surface area contributed by atoms with E-state index in [-0.39, 0.29) is 0 Å². The van der Waals surface area contributed by atoms with Crippen molar-refractivity contribution >= 4 is 0 Å². The summed E-state index contributed by atoms with van der Waals surface area (Å²) in [5.41, 5.74) is 1.20. The van der Waals surface area contributed by atoms with Crippen LogP contribution >= 0.6 is 0 Å². The van der Waals surface area contributed by atoms with Crippen LogP contribution in [0, 0.1) is 5.92 Å². The third-order valence-electron chi connectivity index (χ3n) is 5.86. The Morgan fingerprint density at radius 3 is 1.88 bits per heavy atom. The highest BCUT2D eigenvalue weighted by molar-refractivity contribution is 5.35. The first-order valence-electron chi connectivity index (χ1n) is 11.5. The first kappa shape index (κ1) is 23.1.